The van der Waals surface area contributed by atoms with Crippen LogP contribution in [0.2, 0.25) is 0 Å². The lowest BCUT2D eigenvalue weighted by Crippen LogP contribution is -2.23. The van der Waals surface area contributed by atoms with Crippen LogP contribution in [-0.4, -0.2) is 29.9 Å². The maximum Gasteiger partial charge on any atom is 0.228 e. The fraction of sp³-hybridized carbons (Fsp3) is 0.286. The summed E-state index contributed by atoms with van der Waals surface area (Å²) in [4.78, 5) is 19.0. The summed E-state index contributed by atoms with van der Waals surface area (Å²) >= 11 is 1.60. The zero-order valence-corrected chi connectivity index (χ0v) is 11.6. The predicted octanol–water partition coefficient (Wildman–Crippen LogP) is 2.75. The van der Waals surface area contributed by atoms with Crippen LogP contribution in [0.1, 0.15) is 9.88 Å². The van der Waals surface area contributed by atoms with Gasteiger partial charge in [0.15, 0.2) is 0 Å². The van der Waals surface area contributed by atoms with Crippen LogP contribution in [0.5, 0.6) is 0 Å². The molecule has 0 saturated heterocycles. The first-order valence-electron chi connectivity index (χ1n) is 5.80. The fourth-order valence-electron chi connectivity index (χ4n) is 1.68. The molecule has 1 amide bonds. The second kappa shape index (κ2) is 5.31. The van der Waals surface area contributed by atoms with E-state index in [0.717, 1.165) is 21.1 Å². The van der Waals surface area contributed by atoms with Gasteiger partial charge < -0.3 is 4.90 Å². The van der Waals surface area contributed by atoms with E-state index in [9.17, 15) is 4.79 Å². The molecular formula is C14H16N2OS. The molecule has 0 aliphatic rings. The summed E-state index contributed by atoms with van der Waals surface area (Å²) in [5.41, 5.74) is 2.09. The highest BCUT2D eigenvalue weighted by Gasteiger charge is 2.13. The van der Waals surface area contributed by atoms with Gasteiger partial charge in [0.25, 0.3) is 0 Å². The Morgan fingerprint density at radius 3 is 2.56 bits per heavy atom. The van der Waals surface area contributed by atoms with E-state index in [4.69, 9.17) is 0 Å². The van der Waals surface area contributed by atoms with Gasteiger partial charge in [0.1, 0.15) is 5.01 Å². The first-order chi connectivity index (χ1) is 8.58. The highest BCUT2D eigenvalue weighted by Crippen LogP contribution is 2.27. The largest absolute Gasteiger partial charge is 0.348 e. The Bertz CT molecular complexity index is 546. The van der Waals surface area contributed by atoms with Gasteiger partial charge in [0.05, 0.1) is 12.1 Å². The van der Waals surface area contributed by atoms with Gasteiger partial charge in [0, 0.05) is 24.5 Å². The summed E-state index contributed by atoms with van der Waals surface area (Å²) in [7, 11) is 3.53. The van der Waals surface area contributed by atoms with E-state index in [2.05, 4.69) is 4.98 Å². The van der Waals surface area contributed by atoms with Crippen LogP contribution in [-0.2, 0) is 11.2 Å². The van der Waals surface area contributed by atoms with Crippen molar-refractivity contribution in [2.45, 2.75) is 13.3 Å². The highest BCUT2D eigenvalue weighted by molar-refractivity contribution is 7.12. The minimum atomic E-state index is 0.0864. The third-order valence-electron chi connectivity index (χ3n) is 2.69. The number of aryl methyl sites for hydroxylation is 1. The van der Waals surface area contributed by atoms with Crippen LogP contribution in [0.15, 0.2) is 30.3 Å². The zero-order chi connectivity index (χ0) is 13.1. The van der Waals surface area contributed by atoms with Crippen LogP contribution >= 0.6 is 11.3 Å². The lowest BCUT2D eigenvalue weighted by Gasteiger charge is -2.07. The standard InChI is InChI=1S/C14H16N2OS/c1-10-14(11-7-5-4-6-8-11)15-12(18-10)9-13(17)16(2)3/h4-8H,9H2,1-3H3. The summed E-state index contributed by atoms with van der Waals surface area (Å²) in [6.45, 7) is 2.05. The van der Waals surface area contributed by atoms with Crippen molar-refractivity contribution in [2.24, 2.45) is 0 Å². The van der Waals surface area contributed by atoms with Crippen LogP contribution in [0.25, 0.3) is 11.3 Å². The maximum absolute atomic E-state index is 11.7. The van der Waals surface area contributed by atoms with Crippen molar-refractivity contribution in [1.29, 1.82) is 0 Å². The van der Waals surface area contributed by atoms with Crippen molar-refractivity contribution in [2.75, 3.05) is 14.1 Å². The van der Waals surface area contributed by atoms with Crippen LogP contribution in [0.3, 0.4) is 0 Å². The molecule has 94 valence electrons. The molecule has 0 unspecified atom stereocenters. The number of nitrogens with zero attached hydrogens (tertiary/aromatic N) is 2. The zero-order valence-electron chi connectivity index (χ0n) is 10.8. The molecule has 0 aliphatic heterocycles. The average Bonchev–Trinajstić information content (AvgIpc) is 2.71. The molecule has 0 aliphatic carbocycles. The molecule has 0 spiro atoms. The smallest absolute Gasteiger partial charge is 0.228 e. The number of likely N-dealkylation sites (N-methyl/N-ethyl adjacent to an activating group) is 1. The van der Waals surface area contributed by atoms with E-state index in [1.165, 1.54) is 0 Å². The summed E-state index contributed by atoms with van der Waals surface area (Å²) in [6, 6.07) is 10.1. The van der Waals surface area contributed by atoms with Crippen LogP contribution < -0.4 is 0 Å². The Labute approximate surface area is 111 Å². The van der Waals surface area contributed by atoms with E-state index in [0.29, 0.717) is 6.42 Å². The third kappa shape index (κ3) is 2.76. The van der Waals surface area contributed by atoms with Crippen molar-refractivity contribution in [3.8, 4) is 11.3 Å². The number of thiazole rings is 1. The van der Waals surface area contributed by atoms with E-state index < -0.39 is 0 Å². The first-order valence-corrected chi connectivity index (χ1v) is 6.61. The van der Waals surface area contributed by atoms with E-state index >= 15 is 0 Å². The Morgan fingerprint density at radius 1 is 1.28 bits per heavy atom. The normalized spacial score (nSPS) is 10.4. The topological polar surface area (TPSA) is 33.2 Å². The van der Waals surface area contributed by atoms with E-state index in [1.807, 2.05) is 37.3 Å². The fourth-order valence-corrected chi connectivity index (χ4v) is 2.62. The lowest BCUT2D eigenvalue weighted by molar-refractivity contribution is -0.127. The molecule has 2 aromatic rings. The van der Waals surface area contributed by atoms with Gasteiger partial charge in [-0.15, -0.1) is 11.3 Å². The predicted molar refractivity (Wildman–Crippen MR) is 74.7 cm³/mol. The number of hydrogen-bond acceptors (Lipinski definition) is 3. The molecule has 0 fully saturated rings. The minimum Gasteiger partial charge on any atom is -0.348 e. The van der Waals surface area contributed by atoms with E-state index in [-0.39, 0.29) is 5.91 Å². The Hall–Kier alpha value is -1.68. The Morgan fingerprint density at radius 2 is 1.94 bits per heavy atom. The number of hydrogen-bond donors (Lipinski definition) is 0. The molecule has 4 heteroatoms. The second-order valence-electron chi connectivity index (χ2n) is 4.34. The molecule has 1 aromatic heterocycles. The maximum atomic E-state index is 11.7. The number of benzene rings is 1. The van der Waals surface area contributed by atoms with Gasteiger partial charge in [-0.2, -0.15) is 0 Å². The van der Waals surface area contributed by atoms with E-state index in [1.54, 1.807) is 30.3 Å². The van der Waals surface area contributed by atoms with Crippen molar-refractivity contribution >= 4 is 17.2 Å². The minimum absolute atomic E-state index is 0.0864. The van der Waals surface area contributed by atoms with Gasteiger partial charge >= 0.3 is 0 Å². The number of amides is 1. The summed E-state index contributed by atoms with van der Waals surface area (Å²) in [5, 5.41) is 0.880. The average molecular weight is 260 g/mol. The van der Waals surface area contributed by atoms with Crippen molar-refractivity contribution < 1.29 is 4.79 Å². The molecule has 0 N–H and O–H groups in total. The van der Waals surface area contributed by atoms with Crippen molar-refractivity contribution in [3.05, 3.63) is 40.2 Å². The second-order valence-corrected chi connectivity index (χ2v) is 5.63. The Kier molecular flexibility index (Phi) is 3.77. The lowest BCUT2D eigenvalue weighted by atomic mass is 10.1. The molecule has 0 radical (unpaired) electrons. The summed E-state index contributed by atoms with van der Waals surface area (Å²) in [6.07, 6.45) is 0.380. The Balaban J connectivity index is 2.25. The van der Waals surface area contributed by atoms with Crippen LogP contribution in [0.4, 0.5) is 0 Å². The highest BCUT2D eigenvalue weighted by atomic mass is 32.1. The number of aromatic nitrogens is 1. The molecule has 1 heterocycles. The molecule has 0 saturated carbocycles. The molecule has 1 aromatic carbocycles. The van der Waals surface area contributed by atoms with Gasteiger partial charge in [-0.1, -0.05) is 30.3 Å². The molecule has 0 atom stereocenters. The SMILES string of the molecule is Cc1sc(CC(=O)N(C)C)nc1-c1ccccc1. The molecule has 2 rings (SSSR count). The van der Waals surface area contributed by atoms with Crippen molar-refractivity contribution in [1.82, 2.24) is 9.88 Å². The third-order valence-corrected chi connectivity index (χ3v) is 3.66. The number of rotatable bonds is 3. The van der Waals surface area contributed by atoms with Crippen LogP contribution in [0, 0.1) is 6.92 Å². The van der Waals surface area contributed by atoms with Gasteiger partial charge in [0.2, 0.25) is 5.91 Å². The quantitative estimate of drug-likeness (QED) is 0.850. The molecule has 18 heavy (non-hydrogen) atoms. The van der Waals surface area contributed by atoms with Gasteiger partial charge in [-0.3, -0.25) is 4.79 Å². The summed E-state index contributed by atoms with van der Waals surface area (Å²) in [5.74, 6) is 0.0864. The van der Waals surface area contributed by atoms with Gasteiger partial charge in [-0.05, 0) is 6.92 Å². The number of carbonyl (C=O) groups excluding carboxylic acids is 1. The van der Waals surface area contributed by atoms with Gasteiger partial charge in [-0.25, -0.2) is 4.98 Å². The molecular weight excluding hydrogens is 244 g/mol. The monoisotopic (exact) mass is 260 g/mol. The summed E-state index contributed by atoms with van der Waals surface area (Å²) < 4.78 is 0. The number of carbonyl (C=O) groups is 1. The molecule has 3 nitrogen and oxygen atoms in total. The molecule has 0 bridgehead atoms. The van der Waals surface area contributed by atoms with Crippen molar-refractivity contribution in [3.63, 3.8) is 0 Å². The first kappa shape index (κ1) is 12.8.